The average Bonchev–Trinajstić information content (AvgIpc) is 3.03. The minimum Gasteiger partial charge on any atom is -0.504 e. The van der Waals surface area contributed by atoms with E-state index >= 15 is 0 Å². The molecule has 9 nitrogen and oxygen atoms in total. The van der Waals surface area contributed by atoms with Gasteiger partial charge in [-0.3, -0.25) is 9.79 Å². The number of rotatable bonds is 8. The molecule has 8 atom stereocenters. The van der Waals surface area contributed by atoms with Crippen molar-refractivity contribution in [3.05, 3.63) is 23.8 Å². The molecule has 4 bridgehead atoms. The number of aliphatic imine (C=N–C) groups is 1. The van der Waals surface area contributed by atoms with Crippen LogP contribution in [0.1, 0.15) is 103 Å². The zero-order valence-corrected chi connectivity index (χ0v) is 28.5. The van der Waals surface area contributed by atoms with E-state index in [0.717, 1.165) is 63.5 Å². The summed E-state index contributed by atoms with van der Waals surface area (Å²) >= 11 is 0. The lowest BCUT2D eigenvalue weighted by Gasteiger charge is -2.39. The van der Waals surface area contributed by atoms with Crippen LogP contribution in [0, 0.1) is 35.0 Å². The summed E-state index contributed by atoms with van der Waals surface area (Å²) in [6, 6.07) is 5.88. The second-order valence-corrected chi connectivity index (χ2v) is 14.0. The number of carbonyl (C=O) groups is 1. The van der Waals surface area contributed by atoms with Gasteiger partial charge in [-0.05, 0) is 81.5 Å². The molecule has 8 unspecified atom stereocenters. The van der Waals surface area contributed by atoms with Crippen LogP contribution in [-0.2, 0) is 16.0 Å². The Hall–Kier alpha value is -2.96. The SMILES string of the molecule is CCCCCC(C)C1(CNC(N)=NC)C#CC2CCCC3CC(CCN3)Oc3cc(ccc3O)CC2C(OC(C)=O)CC(O)CC1. The minimum absolute atomic E-state index is 0.0407. The van der Waals surface area contributed by atoms with Crippen molar-refractivity contribution in [2.24, 2.45) is 33.9 Å². The van der Waals surface area contributed by atoms with Crippen molar-refractivity contribution in [2.75, 3.05) is 20.1 Å². The van der Waals surface area contributed by atoms with Crippen LogP contribution in [-0.4, -0.2) is 66.6 Å². The Morgan fingerprint density at radius 3 is 2.85 bits per heavy atom. The number of aliphatic hydroxyl groups excluding tert-OH is 1. The van der Waals surface area contributed by atoms with E-state index in [2.05, 4.69) is 41.3 Å². The zero-order valence-electron chi connectivity index (χ0n) is 28.5. The minimum atomic E-state index is -0.656. The molecule has 6 N–H and O–H groups in total. The number of guanidine groups is 1. The zero-order chi connectivity index (χ0) is 33.1. The van der Waals surface area contributed by atoms with E-state index in [1.54, 1.807) is 13.1 Å². The molecule has 1 aromatic rings. The van der Waals surface area contributed by atoms with E-state index in [4.69, 9.17) is 15.2 Å². The van der Waals surface area contributed by atoms with Gasteiger partial charge in [-0.25, -0.2) is 0 Å². The van der Waals surface area contributed by atoms with Crippen molar-refractivity contribution in [1.29, 1.82) is 0 Å². The lowest BCUT2D eigenvalue weighted by atomic mass is 9.68. The van der Waals surface area contributed by atoms with E-state index in [1.165, 1.54) is 13.3 Å². The van der Waals surface area contributed by atoms with Gasteiger partial charge >= 0.3 is 5.97 Å². The quantitative estimate of drug-likeness (QED) is 0.0875. The van der Waals surface area contributed by atoms with Crippen LogP contribution < -0.4 is 21.1 Å². The highest BCUT2D eigenvalue weighted by Gasteiger charge is 2.39. The molecule has 1 fully saturated rings. The van der Waals surface area contributed by atoms with E-state index < -0.39 is 17.6 Å². The van der Waals surface area contributed by atoms with Gasteiger partial charge in [0.15, 0.2) is 17.5 Å². The largest absolute Gasteiger partial charge is 0.504 e. The summed E-state index contributed by atoms with van der Waals surface area (Å²) in [5.41, 5.74) is 6.72. The van der Waals surface area contributed by atoms with Crippen molar-refractivity contribution in [2.45, 2.75) is 129 Å². The summed E-state index contributed by atoms with van der Waals surface area (Å²) in [5.74, 6) is 8.34. The van der Waals surface area contributed by atoms with E-state index in [0.29, 0.717) is 50.0 Å². The van der Waals surface area contributed by atoms with Gasteiger partial charge in [0.1, 0.15) is 12.2 Å². The summed E-state index contributed by atoms with van der Waals surface area (Å²) in [7, 11) is 1.68. The van der Waals surface area contributed by atoms with Crippen LogP contribution in [0.2, 0.25) is 0 Å². The van der Waals surface area contributed by atoms with Gasteiger partial charge in [0.2, 0.25) is 0 Å². The van der Waals surface area contributed by atoms with Crippen molar-refractivity contribution in [3.8, 4) is 23.3 Å². The first-order chi connectivity index (χ1) is 22.1. The summed E-state index contributed by atoms with van der Waals surface area (Å²) < 4.78 is 12.4. The number of piperidine rings is 1. The molecule has 0 spiro atoms. The van der Waals surface area contributed by atoms with Gasteiger partial charge in [0.25, 0.3) is 0 Å². The van der Waals surface area contributed by atoms with Crippen molar-refractivity contribution in [3.63, 3.8) is 0 Å². The number of aliphatic hydroxyl groups is 1. The van der Waals surface area contributed by atoms with Crippen LogP contribution >= 0.6 is 0 Å². The standard InChI is InChI=1S/C37H58N4O5/c1-5-6-7-9-25(2)37(24-41-36(38)39-4)17-14-28-10-8-11-29-22-31(16-19-40-29)46-35-21-27(12-13-33(35)44)20-32(28)34(45-26(3)42)23-30(43)15-18-37/h12-13,21,25,28-32,34,40,43-44H,5-11,15-16,18-20,22-24H2,1-4H3,(H3,38,39,41). The van der Waals surface area contributed by atoms with Gasteiger partial charge in [0.05, 0.1) is 11.5 Å². The molecule has 0 saturated carbocycles. The summed E-state index contributed by atoms with van der Waals surface area (Å²) in [6.45, 7) is 7.38. The Bertz CT molecular complexity index is 1230. The smallest absolute Gasteiger partial charge is 0.302 e. The maximum Gasteiger partial charge on any atom is 0.302 e. The topological polar surface area (TPSA) is 138 Å². The van der Waals surface area contributed by atoms with Crippen LogP contribution in [0.4, 0.5) is 0 Å². The van der Waals surface area contributed by atoms with Gasteiger partial charge in [0, 0.05) is 44.8 Å². The predicted octanol–water partition coefficient (Wildman–Crippen LogP) is 5.07. The number of esters is 1. The summed E-state index contributed by atoms with van der Waals surface area (Å²) in [4.78, 5) is 16.6. The Morgan fingerprint density at radius 1 is 1.26 bits per heavy atom. The first kappa shape index (κ1) is 35.9. The third-order valence-electron chi connectivity index (χ3n) is 10.6. The maximum atomic E-state index is 12.5. The fraction of sp³-hybridized carbons (Fsp3) is 0.730. The molecule has 2 aliphatic heterocycles. The maximum absolute atomic E-state index is 12.5. The average molecular weight is 639 g/mol. The highest BCUT2D eigenvalue weighted by molar-refractivity contribution is 5.77. The van der Waals surface area contributed by atoms with Crippen molar-refractivity contribution in [1.82, 2.24) is 10.6 Å². The molecule has 1 aromatic carbocycles. The number of phenols is 1. The molecule has 46 heavy (non-hydrogen) atoms. The number of nitrogens with two attached hydrogens (primary N) is 1. The number of unbranched alkanes of at least 4 members (excludes halogenated alkanes) is 2. The molecule has 1 saturated heterocycles. The lowest BCUT2D eigenvalue weighted by molar-refractivity contribution is -0.152. The van der Waals surface area contributed by atoms with E-state index in [9.17, 15) is 15.0 Å². The van der Waals surface area contributed by atoms with E-state index in [-0.39, 0.29) is 35.6 Å². The Labute approximate surface area is 276 Å². The number of hydrogen-bond donors (Lipinski definition) is 5. The molecule has 1 aliphatic carbocycles. The Morgan fingerprint density at radius 2 is 2.09 bits per heavy atom. The van der Waals surface area contributed by atoms with Gasteiger partial charge in [-0.15, -0.1) is 0 Å². The van der Waals surface area contributed by atoms with Crippen molar-refractivity contribution < 1.29 is 24.5 Å². The van der Waals surface area contributed by atoms with Gasteiger partial charge < -0.3 is 36.1 Å². The molecule has 0 radical (unpaired) electrons. The first-order valence-electron chi connectivity index (χ1n) is 17.7. The number of aromatic hydroxyl groups is 1. The third-order valence-corrected chi connectivity index (χ3v) is 10.6. The van der Waals surface area contributed by atoms with E-state index in [1.807, 2.05) is 12.1 Å². The van der Waals surface area contributed by atoms with Crippen LogP contribution in [0.25, 0.3) is 0 Å². The molecule has 256 valence electrons. The highest BCUT2D eigenvalue weighted by atomic mass is 16.5. The lowest BCUT2D eigenvalue weighted by Crippen LogP contribution is -2.45. The van der Waals surface area contributed by atoms with Crippen molar-refractivity contribution >= 4 is 11.9 Å². The number of carbonyl (C=O) groups excluding carboxylic acids is 1. The third kappa shape index (κ3) is 10.0. The van der Waals surface area contributed by atoms with Crippen LogP contribution in [0.15, 0.2) is 23.2 Å². The molecule has 4 rings (SSSR count). The van der Waals surface area contributed by atoms with Crippen LogP contribution in [0.3, 0.4) is 0 Å². The van der Waals surface area contributed by atoms with Gasteiger partial charge in [-0.1, -0.05) is 57.4 Å². The Balaban J connectivity index is 1.81. The molecular weight excluding hydrogens is 580 g/mol. The molecule has 2 heterocycles. The number of nitrogens with zero attached hydrogens (tertiary/aromatic N) is 1. The fourth-order valence-electron chi connectivity index (χ4n) is 7.65. The van der Waals surface area contributed by atoms with Gasteiger partial charge in [-0.2, -0.15) is 0 Å². The molecular formula is C37H58N4O5. The molecule has 9 heteroatoms. The number of nitrogens with one attached hydrogen (secondary N) is 2. The predicted molar refractivity (Wildman–Crippen MR) is 183 cm³/mol. The number of phenolic OH excluding ortho intramolecular Hbond substituents is 1. The number of ether oxygens (including phenoxy) is 2. The fourth-order valence-corrected chi connectivity index (χ4v) is 7.65. The number of benzene rings is 1. The number of fused-ring (bicyclic) bond motifs is 5. The monoisotopic (exact) mass is 638 g/mol. The molecule has 0 aromatic heterocycles. The van der Waals surface area contributed by atoms with Crippen LogP contribution in [0.5, 0.6) is 11.5 Å². The highest BCUT2D eigenvalue weighted by Crippen LogP contribution is 2.40. The molecule has 0 amide bonds. The second-order valence-electron chi connectivity index (χ2n) is 14.0. The first-order valence-corrected chi connectivity index (χ1v) is 17.7. The summed E-state index contributed by atoms with van der Waals surface area (Å²) in [5, 5.41) is 29.2. The second kappa shape index (κ2) is 17.3. The number of hydrogen-bond acceptors (Lipinski definition) is 7. The molecule has 3 aliphatic rings. The summed E-state index contributed by atoms with van der Waals surface area (Å²) in [6.07, 6.45) is 10.1. The Kier molecular flexibility index (Phi) is 13.5. The normalized spacial score (nSPS) is 31.2.